The molecule has 2 N–H and O–H groups in total. The maximum Gasteiger partial charge on any atom is 0.410 e. The number of nitrogens with zero attached hydrogens (tertiary/aromatic N) is 6. The largest absolute Gasteiger partial charge is 0.444 e. The van der Waals surface area contributed by atoms with Crippen LogP contribution in [0.5, 0.6) is 0 Å². The summed E-state index contributed by atoms with van der Waals surface area (Å²) in [7, 11) is -3.88. The molecule has 352 valence electrons. The molecular formula is C52H56N8O6S2. The SMILES string of the molecule is CC(C)(C)OC(=O)N1CCN(c2cccc3[nH]nc(Sc4cccc5ccccc45)c23)CC1.CC(C)(C)OC(=O)N1CCN(c2cccc3n[nH]c(S(=O)(=O)c4cccc5ccccc45)c23)CC1. The number of carbonyl (C=O) groups excluding carboxylic acids is 2. The van der Waals surface area contributed by atoms with E-state index in [2.05, 4.69) is 90.9 Å². The first-order valence-electron chi connectivity index (χ1n) is 22.8. The Bertz CT molecular complexity index is 3240. The Hall–Kier alpha value is -6.78. The van der Waals surface area contributed by atoms with E-state index >= 15 is 0 Å². The maximum atomic E-state index is 13.9. The lowest BCUT2D eigenvalue weighted by Gasteiger charge is -2.37. The zero-order chi connectivity index (χ0) is 47.8. The van der Waals surface area contributed by atoms with Crippen LogP contribution < -0.4 is 9.80 Å². The summed E-state index contributed by atoms with van der Waals surface area (Å²) in [5, 5.41) is 21.7. The molecule has 0 atom stereocenters. The van der Waals surface area contributed by atoms with Gasteiger partial charge in [0, 0.05) is 74.0 Å². The topological polar surface area (TPSA) is 157 Å². The zero-order valence-corrected chi connectivity index (χ0v) is 40.8. The minimum atomic E-state index is -3.88. The summed E-state index contributed by atoms with van der Waals surface area (Å²) in [6, 6.07) is 39.4. The molecule has 2 saturated heterocycles. The lowest BCUT2D eigenvalue weighted by atomic mass is 10.1. The Kier molecular flexibility index (Phi) is 12.8. The van der Waals surface area contributed by atoms with Crippen molar-refractivity contribution in [3.63, 3.8) is 0 Å². The summed E-state index contributed by atoms with van der Waals surface area (Å²) in [5.41, 5.74) is 2.48. The van der Waals surface area contributed by atoms with Gasteiger partial charge in [-0.3, -0.25) is 10.2 Å². The van der Waals surface area contributed by atoms with Crippen molar-refractivity contribution in [2.75, 3.05) is 62.2 Å². The number of amides is 2. The number of hydrogen-bond acceptors (Lipinski definition) is 11. The number of sulfone groups is 1. The smallest absolute Gasteiger partial charge is 0.410 e. The summed E-state index contributed by atoms with van der Waals surface area (Å²) in [6.07, 6.45) is -0.575. The van der Waals surface area contributed by atoms with E-state index in [1.165, 1.54) is 15.7 Å². The van der Waals surface area contributed by atoms with Gasteiger partial charge in [0.25, 0.3) is 0 Å². The number of carbonyl (C=O) groups is 2. The molecule has 16 heteroatoms. The van der Waals surface area contributed by atoms with Gasteiger partial charge in [-0.05, 0) is 94.1 Å². The van der Waals surface area contributed by atoms with Gasteiger partial charge in [0.15, 0.2) is 5.03 Å². The standard InChI is InChI=1S/C26H28N4O4S.C26H28N4O2S/c1-26(2,3)34-25(31)30-16-14-29(15-17-30)21-12-7-11-20-23(21)24(28-27-20)35(32,33)22-13-6-9-18-8-4-5-10-19(18)22;1-26(2,3)32-25(31)30-16-14-29(15-17-30)21-12-7-11-20-23(21)24(28-27-20)33-22-13-6-9-18-8-4-5-10-19(18)22/h4-13H,14-17H2,1-3H3,(H,27,28);4-13H,14-17H2,1-3H3,(H,27,28). The Balaban J connectivity index is 0.000000170. The second kappa shape index (κ2) is 18.7. The van der Waals surface area contributed by atoms with Crippen molar-refractivity contribution in [1.82, 2.24) is 30.2 Å². The van der Waals surface area contributed by atoms with Crippen LogP contribution >= 0.6 is 11.8 Å². The van der Waals surface area contributed by atoms with Crippen LogP contribution in [-0.2, 0) is 19.3 Å². The summed E-state index contributed by atoms with van der Waals surface area (Å²) < 4.78 is 38.8. The van der Waals surface area contributed by atoms with E-state index < -0.39 is 21.0 Å². The van der Waals surface area contributed by atoms with Gasteiger partial charge in [0.05, 0.1) is 26.7 Å². The minimum absolute atomic E-state index is 0.0778. The van der Waals surface area contributed by atoms with Crippen molar-refractivity contribution in [1.29, 1.82) is 0 Å². The average molecular weight is 953 g/mol. The number of benzene rings is 6. The number of anilines is 2. The molecule has 2 amide bonds. The Labute approximate surface area is 400 Å². The third-order valence-corrected chi connectivity index (χ3v) is 14.7. The number of fused-ring (bicyclic) bond motifs is 4. The third kappa shape index (κ3) is 9.79. The molecule has 14 nitrogen and oxygen atoms in total. The van der Waals surface area contributed by atoms with Gasteiger partial charge in [-0.15, -0.1) is 0 Å². The Morgan fingerprint density at radius 3 is 1.66 bits per heavy atom. The number of nitrogens with one attached hydrogen (secondary N) is 2. The van der Waals surface area contributed by atoms with Gasteiger partial charge in [0.2, 0.25) is 9.84 Å². The van der Waals surface area contributed by atoms with Crippen LogP contribution in [0.15, 0.2) is 141 Å². The van der Waals surface area contributed by atoms with Crippen LogP contribution in [-0.4, -0.2) is 114 Å². The van der Waals surface area contributed by atoms with Crippen LogP contribution in [0.2, 0.25) is 0 Å². The third-order valence-electron chi connectivity index (χ3n) is 11.9. The number of H-pyrrole nitrogens is 2. The highest BCUT2D eigenvalue weighted by Crippen LogP contribution is 2.40. The highest BCUT2D eigenvalue weighted by Gasteiger charge is 2.31. The van der Waals surface area contributed by atoms with Crippen LogP contribution in [0.3, 0.4) is 0 Å². The zero-order valence-electron chi connectivity index (χ0n) is 39.2. The average Bonchev–Trinajstić information content (AvgIpc) is 3.96. The highest BCUT2D eigenvalue weighted by molar-refractivity contribution is 7.99. The predicted molar refractivity (Wildman–Crippen MR) is 270 cm³/mol. The molecule has 0 saturated carbocycles. The fraction of sp³-hybridized carbons (Fsp3) is 0.308. The predicted octanol–water partition coefficient (Wildman–Crippen LogP) is 10.5. The van der Waals surface area contributed by atoms with E-state index in [1.54, 1.807) is 39.8 Å². The van der Waals surface area contributed by atoms with E-state index in [4.69, 9.17) is 9.47 Å². The number of ether oxygens (including phenoxy) is 2. The first-order valence-corrected chi connectivity index (χ1v) is 25.1. The minimum Gasteiger partial charge on any atom is -0.444 e. The van der Waals surface area contributed by atoms with Crippen molar-refractivity contribution in [2.24, 2.45) is 0 Å². The van der Waals surface area contributed by atoms with Gasteiger partial charge in [-0.1, -0.05) is 96.7 Å². The summed E-state index contributed by atoms with van der Waals surface area (Å²) >= 11 is 1.69. The molecule has 2 fully saturated rings. The van der Waals surface area contributed by atoms with Crippen LogP contribution in [0, 0.1) is 0 Å². The van der Waals surface area contributed by atoms with Crippen molar-refractivity contribution in [3.8, 4) is 0 Å². The first-order chi connectivity index (χ1) is 32.5. The monoisotopic (exact) mass is 952 g/mol. The summed E-state index contributed by atoms with van der Waals surface area (Å²) in [4.78, 5) is 34.3. The van der Waals surface area contributed by atoms with E-state index in [0.717, 1.165) is 45.8 Å². The second-order valence-electron chi connectivity index (χ2n) is 18.9. The highest BCUT2D eigenvalue weighted by atomic mass is 32.2. The van der Waals surface area contributed by atoms with Gasteiger partial charge >= 0.3 is 12.2 Å². The summed E-state index contributed by atoms with van der Waals surface area (Å²) in [5.74, 6) is 0. The quantitative estimate of drug-likeness (QED) is 0.163. The maximum absolute atomic E-state index is 13.9. The van der Waals surface area contributed by atoms with E-state index in [9.17, 15) is 18.0 Å². The fourth-order valence-electron chi connectivity index (χ4n) is 8.68. The number of hydrogen-bond donors (Lipinski definition) is 2. The van der Waals surface area contributed by atoms with E-state index in [-0.39, 0.29) is 22.1 Å². The number of rotatable bonds is 6. The normalized spacial score (nSPS) is 14.9. The fourth-order valence-corrected chi connectivity index (χ4v) is 11.3. The van der Waals surface area contributed by atoms with Crippen molar-refractivity contribution in [2.45, 2.75) is 72.6 Å². The van der Waals surface area contributed by atoms with Crippen molar-refractivity contribution in [3.05, 3.63) is 121 Å². The lowest BCUT2D eigenvalue weighted by Crippen LogP contribution is -2.50. The molecular weight excluding hydrogens is 897 g/mol. The summed E-state index contributed by atoms with van der Waals surface area (Å²) in [6.45, 7) is 16.1. The van der Waals surface area contributed by atoms with Gasteiger partial charge in [-0.25, -0.2) is 18.0 Å². The Morgan fingerprint density at radius 2 is 1.06 bits per heavy atom. The molecule has 0 spiro atoms. The van der Waals surface area contributed by atoms with Crippen molar-refractivity contribution >= 4 is 88.5 Å². The van der Waals surface area contributed by atoms with Gasteiger partial charge < -0.3 is 29.1 Å². The number of aromatic amines is 2. The molecule has 0 unspecified atom stereocenters. The molecule has 2 aliphatic heterocycles. The Morgan fingerprint density at radius 1 is 0.559 bits per heavy atom. The van der Waals surface area contributed by atoms with Crippen LogP contribution in [0.1, 0.15) is 41.5 Å². The van der Waals surface area contributed by atoms with E-state index in [0.29, 0.717) is 55.6 Å². The molecule has 2 aromatic heterocycles. The number of piperazine rings is 2. The lowest BCUT2D eigenvalue weighted by molar-refractivity contribution is 0.0230. The van der Waals surface area contributed by atoms with Gasteiger partial charge in [0.1, 0.15) is 16.2 Å². The van der Waals surface area contributed by atoms with Gasteiger partial charge in [-0.2, -0.15) is 10.2 Å². The molecule has 0 radical (unpaired) electrons. The molecule has 0 aliphatic carbocycles. The molecule has 68 heavy (non-hydrogen) atoms. The van der Waals surface area contributed by atoms with Crippen LogP contribution in [0.4, 0.5) is 21.0 Å². The van der Waals surface area contributed by atoms with E-state index in [1.807, 2.05) is 84.0 Å². The first kappa shape index (κ1) is 46.3. The molecule has 0 bridgehead atoms. The number of aromatic nitrogens is 4. The molecule has 2 aliphatic rings. The van der Waals surface area contributed by atoms with Crippen molar-refractivity contribution < 1.29 is 27.5 Å². The van der Waals surface area contributed by atoms with Crippen LogP contribution in [0.25, 0.3) is 43.4 Å². The second-order valence-corrected chi connectivity index (χ2v) is 21.8. The molecule has 4 heterocycles. The molecule has 10 rings (SSSR count). The molecule has 8 aromatic rings. The molecule has 6 aromatic carbocycles.